The van der Waals surface area contributed by atoms with Crippen LogP contribution in [-0.2, 0) is 11.3 Å². The lowest BCUT2D eigenvalue weighted by Gasteiger charge is -2.31. The molecule has 2 rings (SSSR count). The molecule has 3 heteroatoms. The van der Waals surface area contributed by atoms with Gasteiger partial charge in [0.05, 0.1) is 24.3 Å². The first-order valence-corrected chi connectivity index (χ1v) is 6.88. The Labute approximate surface area is 114 Å². The molecule has 0 radical (unpaired) electrons. The van der Waals surface area contributed by atoms with Gasteiger partial charge >= 0.3 is 0 Å². The molecule has 1 fully saturated rings. The molecule has 2 atom stereocenters. The predicted octanol–water partition coefficient (Wildman–Crippen LogP) is 4.04. The van der Waals surface area contributed by atoms with Gasteiger partial charge in [0.2, 0.25) is 0 Å². The quantitative estimate of drug-likeness (QED) is 0.822. The highest BCUT2D eigenvalue weighted by Gasteiger charge is 2.24. The van der Waals surface area contributed by atoms with Gasteiger partial charge in [-0.3, -0.25) is 0 Å². The fraction of sp³-hybridized carbons (Fsp3) is 0.562. The van der Waals surface area contributed by atoms with Gasteiger partial charge in [0.1, 0.15) is 5.82 Å². The average Bonchev–Trinajstić information content (AvgIpc) is 2.35. The maximum absolute atomic E-state index is 13.2. The lowest BCUT2D eigenvalue weighted by molar-refractivity contribution is -0.00931. The van der Waals surface area contributed by atoms with E-state index in [2.05, 4.69) is 19.9 Å². The monoisotopic (exact) mass is 261 g/mol. The van der Waals surface area contributed by atoms with Crippen LogP contribution < -0.4 is 0 Å². The molecule has 19 heavy (non-hydrogen) atoms. The van der Waals surface area contributed by atoms with E-state index in [0.29, 0.717) is 29.6 Å². The Hall–Kier alpha value is -1.40. The normalized spacial score (nSPS) is 26.9. The molecule has 2 nitrogen and oxygen atoms in total. The molecule has 2 unspecified atom stereocenters. The number of hydrogen-bond donors (Lipinski definition) is 0. The smallest absolute Gasteiger partial charge is 0.123 e. The standard InChI is InChI=1S/C16H20FNO/c1-11-5-12(2)7-16(6-11)19-10-14-8-15(17)4-3-13(14)9-18/h3-4,8,11-12,16H,5-7,10H2,1-2H3. The summed E-state index contributed by atoms with van der Waals surface area (Å²) in [5.41, 5.74) is 1.15. The van der Waals surface area contributed by atoms with E-state index >= 15 is 0 Å². The number of nitrogens with zero attached hydrogens (tertiary/aromatic N) is 1. The van der Waals surface area contributed by atoms with Crippen LogP contribution in [0.1, 0.15) is 44.2 Å². The molecular formula is C16H20FNO. The summed E-state index contributed by atoms with van der Waals surface area (Å²) in [6.45, 7) is 4.81. The van der Waals surface area contributed by atoms with Crippen molar-refractivity contribution in [1.82, 2.24) is 0 Å². The van der Waals surface area contributed by atoms with E-state index in [0.717, 1.165) is 12.8 Å². The van der Waals surface area contributed by atoms with Crippen molar-refractivity contribution in [3.05, 3.63) is 35.1 Å². The fourth-order valence-corrected chi connectivity index (χ4v) is 3.01. The molecule has 0 heterocycles. The van der Waals surface area contributed by atoms with Crippen LogP contribution in [0.5, 0.6) is 0 Å². The Morgan fingerprint density at radius 2 is 1.95 bits per heavy atom. The third-order valence-corrected chi connectivity index (χ3v) is 3.80. The largest absolute Gasteiger partial charge is 0.373 e. The fourth-order valence-electron chi connectivity index (χ4n) is 3.01. The van der Waals surface area contributed by atoms with E-state index in [1.807, 2.05) is 0 Å². The molecule has 0 N–H and O–H groups in total. The van der Waals surface area contributed by atoms with E-state index < -0.39 is 0 Å². The van der Waals surface area contributed by atoms with Crippen molar-refractivity contribution >= 4 is 0 Å². The molecule has 1 saturated carbocycles. The van der Waals surface area contributed by atoms with Gasteiger partial charge in [0.15, 0.2) is 0 Å². The van der Waals surface area contributed by atoms with Crippen LogP contribution in [0.25, 0.3) is 0 Å². The summed E-state index contributed by atoms with van der Waals surface area (Å²) in [5.74, 6) is 1.04. The van der Waals surface area contributed by atoms with Gasteiger partial charge in [0.25, 0.3) is 0 Å². The van der Waals surface area contributed by atoms with Gasteiger partial charge in [-0.1, -0.05) is 13.8 Å². The van der Waals surface area contributed by atoms with E-state index in [4.69, 9.17) is 10.00 Å². The Bertz CT molecular complexity index is 470. The first-order valence-electron chi connectivity index (χ1n) is 6.88. The van der Waals surface area contributed by atoms with Crippen LogP contribution in [0.15, 0.2) is 18.2 Å². The molecule has 1 aromatic carbocycles. The van der Waals surface area contributed by atoms with Gasteiger partial charge in [-0.15, -0.1) is 0 Å². The maximum Gasteiger partial charge on any atom is 0.123 e. The number of rotatable bonds is 3. The molecule has 102 valence electrons. The average molecular weight is 261 g/mol. The molecule has 1 aliphatic rings. The summed E-state index contributed by atoms with van der Waals surface area (Å²) in [6.07, 6.45) is 3.60. The first-order chi connectivity index (χ1) is 9.08. The summed E-state index contributed by atoms with van der Waals surface area (Å²) in [6, 6.07) is 6.30. The second-order valence-electron chi connectivity index (χ2n) is 5.76. The van der Waals surface area contributed by atoms with Crippen LogP contribution in [-0.4, -0.2) is 6.10 Å². The topological polar surface area (TPSA) is 33.0 Å². The molecule has 0 amide bonds. The van der Waals surface area contributed by atoms with Gasteiger partial charge < -0.3 is 4.74 Å². The minimum Gasteiger partial charge on any atom is -0.373 e. The van der Waals surface area contributed by atoms with Crippen LogP contribution >= 0.6 is 0 Å². The van der Waals surface area contributed by atoms with Crippen LogP contribution in [0, 0.1) is 29.0 Å². The van der Waals surface area contributed by atoms with E-state index in [1.54, 1.807) is 0 Å². The molecule has 0 spiro atoms. The molecule has 0 bridgehead atoms. The minimum absolute atomic E-state index is 0.230. The third kappa shape index (κ3) is 3.78. The summed E-state index contributed by atoms with van der Waals surface area (Å²) in [5, 5.41) is 9.00. The second kappa shape index (κ2) is 6.16. The van der Waals surface area contributed by atoms with Crippen molar-refractivity contribution in [2.45, 2.75) is 45.8 Å². The van der Waals surface area contributed by atoms with E-state index in [1.165, 1.54) is 24.6 Å². The zero-order valence-corrected chi connectivity index (χ0v) is 11.5. The number of ether oxygens (including phenoxy) is 1. The molecule has 0 saturated heterocycles. The molecule has 0 aliphatic heterocycles. The van der Waals surface area contributed by atoms with Crippen molar-refractivity contribution in [1.29, 1.82) is 5.26 Å². The zero-order chi connectivity index (χ0) is 13.8. The summed E-state index contributed by atoms with van der Waals surface area (Å²) in [4.78, 5) is 0. The van der Waals surface area contributed by atoms with Gasteiger partial charge in [-0.25, -0.2) is 4.39 Å². The van der Waals surface area contributed by atoms with Crippen LogP contribution in [0.3, 0.4) is 0 Å². The molecule has 1 aromatic rings. The third-order valence-electron chi connectivity index (χ3n) is 3.80. The maximum atomic E-state index is 13.2. The van der Waals surface area contributed by atoms with Gasteiger partial charge in [-0.05, 0) is 54.9 Å². The number of benzene rings is 1. The highest BCUT2D eigenvalue weighted by molar-refractivity contribution is 5.37. The Kier molecular flexibility index (Phi) is 4.55. The minimum atomic E-state index is -0.317. The van der Waals surface area contributed by atoms with Crippen LogP contribution in [0.2, 0.25) is 0 Å². The van der Waals surface area contributed by atoms with Crippen molar-refractivity contribution < 1.29 is 9.13 Å². The lowest BCUT2D eigenvalue weighted by Crippen LogP contribution is -2.26. The Morgan fingerprint density at radius 3 is 2.58 bits per heavy atom. The van der Waals surface area contributed by atoms with E-state index in [9.17, 15) is 4.39 Å². The van der Waals surface area contributed by atoms with Crippen LogP contribution in [0.4, 0.5) is 4.39 Å². The van der Waals surface area contributed by atoms with Crippen molar-refractivity contribution in [2.24, 2.45) is 11.8 Å². The van der Waals surface area contributed by atoms with Crippen molar-refractivity contribution in [3.8, 4) is 6.07 Å². The molecular weight excluding hydrogens is 241 g/mol. The predicted molar refractivity (Wildman–Crippen MR) is 71.9 cm³/mol. The zero-order valence-electron chi connectivity index (χ0n) is 11.5. The highest BCUT2D eigenvalue weighted by atomic mass is 19.1. The number of halogens is 1. The molecule has 1 aliphatic carbocycles. The summed E-state index contributed by atoms with van der Waals surface area (Å²) in [7, 11) is 0. The highest BCUT2D eigenvalue weighted by Crippen LogP contribution is 2.31. The number of hydrogen-bond acceptors (Lipinski definition) is 2. The van der Waals surface area contributed by atoms with Gasteiger partial charge in [-0.2, -0.15) is 5.26 Å². The summed E-state index contributed by atoms with van der Waals surface area (Å²) < 4.78 is 19.1. The van der Waals surface area contributed by atoms with Crippen molar-refractivity contribution in [2.75, 3.05) is 0 Å². The SMILES string of the molecule is CC1CC(C)CC(OCc2cc(F)ccc2C#N)C1. The Balaban J connectivity index is 1.99. The Morgan fingerprint density at radius 1 is 1.26 bits per heavy atom. The second-order valence-corrected chi connectivity index (χ2v) is 5.76. The lowest BCUT2D eigenvalue weighted by atomic mass is 9.82. The van der Waals surface area contributed by atoms with E-state index in [-0.39, 0.29) is 11.9 Å². The van der Waals surface area contributed by atoms with Gasteiger partial charge in [0, 0.05) is 0 Å². The molecule has 0 aromatic heterocycles. The van der Waals surface area contributed by atoms with Crippen molar-refractivity contribution in [3.63, 3.8) is 0 Å². The summed E-state index contributed by atoms with van der Waals surface area (Å²) >= 11 is 0. The number of nitriles is 1. The first kappa shape index (κ1) is 14.0.